The molecule has 0 radical (unpaired) electrons. The van der Waals surface area contributed by atoms with Crippen LogP contribution in [0, 0.1) is 0 Å². The van der Waals surface area contributed by atoms with Crippen molar-refractivity contribution in [1.29, 1.82) is 0 Å². The zero-order chi connectivity index (χ0) is 13.1. The fourth-order valence-corrected chi connectivity index (χ4v) is 1.72. The van der Waals surface area contributed by atoms with Gasteiger partial charge in [0.2, 0.25) is 5.95 Å². The fourth-order valence-electron chi connectivity index (χ4n) is 1.56. The molecule has 3 N–H and O–H groups in total. The number of hydrogen-bond acceptors (Lipinski definition) is 3. The molecule has 94 valence electrons. The van der Waals surface area contributed by atoms with Crippen LogP contribution in [0.4, 0.5) is 5.95 Å². The van der Waals surface area contributed by atoms with Crippen molar-refractivity contribution in [3.05, 3.63) is 24.3 Å². The maximum Gasteiger partial charge on any atom is 0.322 e. The average molecular weight is 264 g/mol. The second kappa shape index (κ2) is 5.01. The van der Waals surface area contributed by atoms with Gasteiger partial charge in [0.1, 0.15) is 6.54 Å². The van der Waals surface area contributed by atoms with Gasteiger partial charge in [0.25, 0.3) is 0 Å². The standard InChI is InChI=1S/C11H12N4O2S/c1-15-8-5-3-2-4-7(8)13-10(15)14-11(18)12-6-9(16)17/h2-5H,6H2,1H3,(H,16,17)(H2,12,13,14,18). The zero-order valence-electron chi connectivity index (χ0n) is 9.67. The SMILES string of the molecule is Cn1c(NC(=S)NCC(=O)O)nc2ccccc21. The van der Waals surface area contributed by atoms with Gasteiger partial charge in [0.05, 0.1) is 11.0 Å². The second-order valence-electron chi connectivity index (χ2n) is 3.68. The van der Waals surface area contributed by atoms with Crippen molar-refractivity contribution in [2.45, 2.75) is 0 Å². The monoisotopic (exact) mass is 264 g/mol. The molecule has 1 heterocycles. The molecule has 0 saturated heterocycles. The molecule has 0 aliphatic carbocycles. The number of rotatable bonds is 3. The van der Waals surface area contributed by atoms with Crippen LogP contribution in [0.5, 0.6) is 0 Å². The van der Waals surface area contributed by atoms with Crippen LogP contribution in [0.25, 0.3) is 11.0 Å². The van der Waals surface area contributed by atoms with Crippen LogP contribution in [0.2, 0.25) is 0 Å². The van der Waals surface area contributed by atoms with E-state index in [1.54, 1.807) is 0 Å². The number of anilines is 1. The predicted octanol–water partition coefficient (Wildman–Crippen LogP) is 0.944. The molecule has 0 fully saturated rings. The second-order valence-corrected chi connectivity index (χ2v) is 4.09. The summed E-state index contributed by atoms with van der Waals surface area (Å²) in [6, 6.07) is 7.67. The Morgan fingerprint density at radius 3 is 2.89 bits per heavy atom. The van der Waals surface area contributed by atoms with Crippen molar-refractivity contribution >= 4 is 40.3 Å². The van der Waals surface area contributed by atoms with E-state index in [1.165, 1.54) is 0 Å². The number of aryl methyl sites for hydroxylation is 1. The maximum atomic E-state index is 10.4. The van der Waals surface area contributed by atoms with E-state index >= 15 is 0 Å². The first-order valence-electron chi connectivity index (χ1n) is 5.26. The van der Waals surface area contributed by atoms with Crippen LogP contribution >= 0.6 is 12.2 Å². The molecular weight excluding hydrogens is 252 g/mol. The summed E-state index contributed by atoms with van der Waals surface area (Å²) in [5.41, 5.74) is 1.82. The first-order chi connectivity index (χ1) is 8.58. The number of benzene rings is 1. The van der Waals surface area contributed by atoms with E-state index in [0.29, 0.717) is 5.95 Å². The molecule has 6 nitrogen and oxygen atoms in total. The third kappa shape index (κ3) is 2.57. The van der Waals surface area contributed by atoms with Gasteiger partial charge >= 0.3 is 5.97 Å². The van der Waals surface area contributed by atoms with E-state index < -0.39 is 5.97 Å². The molecule has 0 aliphatic rings. The number of aromatic nitrogens is 2. The Morgan fingerprint density at radius 1 is 1.50 bits per heavy atom. The van der Waals surface area contributed by atoms with E-state index in [-0.39, 0.29) is 11.7 Å². The summed E-state index contributed by atoms with van der Waals surface area (Å²) in [5, 5.41) is 14.2. The van der Waals surface area contributed by atoms with Crippen molar-refractivity contribution in [2.75, 3.05) is 11.9 Å². The first-order valence-corrected chi connectivity index (χ1v) is 5.67. The lowest BCUT2D eigenvalue weighted by atomic mass is 10.3. The molecule has 0 aliphatic heterocycles. The molecule has 2 aromatic rings. The van der Waals surface area contributed by atoms with Crippen LogP contribution in [0.3, 0.4) is 0 Å². The fraction of sp³-hybridized carbons (Fsp3) is 0.182. The topological polar surface area (TPSA) is 79.2 Å². The van der Waals surface area contributed by atoms with Gasteiger partial charge in [-0.3, -0.25) is 4.79 Å². The number of thiocarbonyl (C=S) groups is 1. The Kier molecular flexibility index (Phi) is 3.42. The van der Waals surface area contributed by atoms with Crippen molar-refractivity contribution < 1.29 is 9.90 Å². The summed E-state index contributed by atoms with van der Waals surface area (Å²) in [7, 11) is 1.86. The molecule has 0 atom stereocenters. The molecule has 1 aromatic heterocycles. The van der Waals surface area contributed by atoms with Crippen LogP contribution in [0.1, 0.15) is 0 Å². The summed E-state index contributed by atoms with van der Waals surface area (Å²) in [6.45, 7) is -0.226. The molecule has 0 spiro atoms. The number of nitrogens with zero attached hydrogens (tertiary/aromatic N) is 2. The van der Waals surface area contributed by atoms with Gasteiger partial charge in [-0.15, -0.1) is 0 Å². The Balaban J connectivity index is 2.14. The summed E-state index contributed by atoms with van der Waals surface area (Å²) in [4.78, 5) is 14.7. The van der Waals surface area contributed by atoms with Gasteiger partial charge in [-0.1, -0.05) is 12.1 Å². The third-order valence-electron chi connectivity index (χ3n) is 2.41. The largest absolute Gasteiger partial charge is 0.480 e. The van der Waals surface area contributed by atoms with Crippen molar-refractivity contribution in [2.24, 2.45) is 7.05 Å². The number of carboxylic acids is 1. The molecule has 1 aromatic carbocycles. The first kappa shape index (κ1) is 12.3. The Bertz CT molecular complexity index is 608. The van der Waals surface area contributed by atoms with Gasteiger partial charge in [-0.2, -0.15) is 0 Å². The average Bonchev–Trinajstić information content (AvgIpc) is 2.65. The number of para-hydroxylation sites is 2. The van der Waals surface area contributed by atoms with Crippen LogP contribution < -0.4 is 10.6 Å². The number of imidazole rings is 1. The van der Waals surface area contributed by atoms with Crippen molar-refractivity contribution in [1.82, 2.24) is 14.9 Å². The van der Waals surface area contributed by atoms with Crippen LogP contribution in [-0.2, 0) is 11.8 Å². The highest BCUT2D eigenvalue weighted by Gasteiger charge is 2.08. The van der Waals surface area contributed by atoms with Crippen molar-refractivity contribution in [3.63, 3.8) is 0 Å². The number of carbonyl (C=O) groups is 1. The smallest absolute Gasteiger partial charge is 0.322 e. The van der Waals surface area contributed by atoms with E-state index in [2.05, 4.69) is 15.6 Å². The molecule has 0 saturated carbocycles. The molecule has 0 amide bonds. The lowest BCUT2D eigenvalue weighted by Gasteiger charge is -2.08. The molecule has 0 bridgehead atoms. The Hall–Kier alpha value is -2.15. The minimum absolute atomic E-state index is 0.226. The van der Waals surface area contributed by atoms with Crippen LogP contribution in [-0.4, -0.2) is 32.3 Å². The van der Waals surface area contributed by atoms with Gasteiger partial charge < -0.3 is 20.3 Å². The van der Waals surface area contributed by atoms with Gasteiger partial charge in [-0.05, 0) is 24.4 Å². The Labute approximate surface area is 109 Å². The van der Waals surface area contributed by atoms with Gasteiger partial charge in [0, 0.05) is 7.05 Å². The quantitative estimate of drug-likeness (QED) is 0.716. The highest BCUT2D eigenvalue weighted by molar-refractivity contribution is 7.80. The third-order valence-corrected chi connectivity index (χ3v) is 2.66. The molecular formula is C11H12N4O2S. The summed E-state index contributed by atoms with van der Waals surface area (Å²) in [5.74, 6) is -0.400. The molecule has 2 rings (SSSR count). The summed E-state index contributed by atoms with van der Waals surface area (Å²) in [6.07, 6.45) is 0. The van der Waals surface area contributed by atoms with Gasteiger partial charge in [0.15, 0.2) is 5.11 Å². The van der Waals surface area contributed by atoms with Crippen molar-refractivity contribution in [3.8, 4) is 0 Å². The number of carboxylic acid groups (broad SMARTS) is 1. The zero-order valence-corrected chi connectivity index (χ0v) is 10.5. The molecule has 7 heteroatoms. The maximum absolute atomic E-state index is 10.4. The van der Waals surface area contributed by atoms with E-state index in [0.717, 1.165) is 11.0 Å². The number of hydrogen-bond donors (Lipinski definition) is 3. The lowest BCUT2D eigenvalue weighted by molar-refractivity contribution is -0.135. The number of aliphatic carboxylic acids is 1. The van der Waals surface area contributed by atoms with E-state index in [4.69, 9.17) is 17.3 Å². The predicted molar refractivity (Wildman–Crippen MR) is 72.6 cm³/mol. The minimum Gasteiger partial charge on any atom is -0.480 e. The normalized spacial score (nSPS) is 10.3. The van der Waals surface area contributed by atoms with E-state index in [1.807, 2.05) is 35.9 Å². The highest BCUT2D eigenvalue weighted by atomic mass is 32.1. The summed E-state index contributed by atoms with van der Waals surface area (Å²) >= 11 is 4.98. The molecule has 18 heavy (non-hydrogen) atoms. The number of fused-ring (bicyclic) bond motifs is 1. The highest BCUT2D eigenvalue weighted by Crippen LogP contribution is 2.17. The van der Waals surface area contributed by atoms with Crippen LogP contribution in [0.15, 0.2) is 24.3 Å². The molecule has 0 unspecified atom stereocenters. The number of nitrogens with one attached hydrogen (secondary N) is 2. The lowest BCUT2D eigenvalue weighted by Crippen LogP contribution is -2.33. The van der Waals surface area contributed by atoms with Gasteiger partial charge in [-0.25, -0.2) is 4.98 Å². The summed E-state index contributed by atoms with van der Waals surface area (Å²) < 4.78 is 1.85. The minimum atomic E-state index is -0.968. The van der Waals surface area contributed by atoms with E-state index in [9.17, 15) is 4.79 Å². The Morgan fingerprint density at radius 2 is 2.22 bits per heavy atom.